The van der Waals surface area contributed by atoms with Gasteiger partial charge in [0.1, 0.15) is 5.82 Å². The molecule has 4 nitrogen and oxygen atoms in total. The summed E-state index contributed by atoms with van der Waals surface area (Å²) in [5.74, 6) is -0.787. The zero-order valence-electron chi connectivity index (χ0n) is 6.42. The van der Waals surface area contributed by atoms with E-state index in [0.717, 1.165) is 12.1 Å². The Kier molecular flexibility index (Phi) is 2.57. The van der Waals surface area contributed by atoms with Gasteiger partial charge in [0.25, 0.3) is 5.24 Å². The number of hydrogen-bond donors (Lipinski definition) is 2. The first-order chi connectivity index (χ1) is 6.06. The Morgan fingerprint density at radius 2 is 2.23 bits per heavy atom. The highest BCUT2D eigenvalue weighted by Crippen LogP contribution is 2.25. The topological polar surface area (TPSA) is 81.0 Å². The summed E-state index contributed by atoms with van der Waals surface area (Å²) in [6.45, 7) is 0. The number of rotatable bonds is 2. The van der Waals surface area contributed by atoms with Gasteiger partial charge in [-0.2, -0.15) is 5.53 Å². The second kappa shape index (κ2) is 3.49. The van der Waals surface area contributed by atoms with Crippen LogP contribution in [-0.4, -0.2) is 5.24 Å². The lowest BCUT2D eigenvalue weighted by Crippen LogP contribution is -2.22. The van der Waals surface area contributed by atoms with Crippen LogP contribution in [0, 0.1) is 5.82 Å². The van der Waals surface area contributed by atoms with Crippen molar-refractivity contribution in [3.8, 4) is 0 Å². The summed E-state index contributed by atoms with van der Waals surface area (Å²) in [6.07, 6.45) is 0. The van der Waals surface area contributed by atoms with Crippen molar-refractivity contribution in [1.29, 1.82) is 0 Å². The lowest BCUT2D eigenvalue weighted by atomic mass is 10.2. The molecule has 0 radical (unpaired) electrons. The third-order valence-corrected chi connectivity index (χ3v) is 1.67. The largest absolute Gasteiger partial charge is 0.397 e. The molecule has 0 aliphatic rings. The molecule has 6 heteroatoms. The zero-order chi connectivity index (χ0) is 10.0. The summed E-state index contributed by atoms with van der Waals surface area (Å²) in [7, 11) is 0. The van der Waals surface area contributed by atoms with Gasteiger partial charge in [-0.25, -0.2) is 4.39 Å². The predicted molar refractivity (Wildman–Crippen MR) is 45.0 cm³/mol. The molecule has 0 spiro atoms. The number of nitrogens with two attached hydrogens (primary N) is 2. The lowest BCUT2D eigenvalue weighted by molar-refractivity contribution is -0.210. The Balaban J connectivity index is 3.38. The molecular formula is C7H6ClFN3O+. The second-order valence-electron chi connectivity index (χ2n) is 2.29. The van der Waals surface area contributed by atoms with Gasteiger partial charge in [0.05, 0.1) is 11.3 Å². The van der Waals surface area contributed by atoms with Gasteiger partial charge in [0, 0.05) is 0 Å². The molecule has 0 saturated carbocycles. The summed E-state index contributed by atoms with van der Waals surface area (Å²) in [6, 6.07) is 2.04. The average molecular weight is 203 g/mol. The van der Waals surface area contributed by atoms with Crippen LogP contribution in [0.1, 0.15) is 10.4 Å². The van der Waals surface area contributed by atoms with Crippen LogP contribution >= 0.6 is 11.6 Å². The van der Waals surface area contributed by atoms with Crippen LogP contribution < -0.4 is 11.3 Å². The number of hydrogen-bond acceptors (Lipinski definition) is 3. The number of carbonyl (C=O) groups is 1. The normalized spacial score (nSPS) is 9.69. The van der Waals surface area contributed by atoms with E-state index in [2.05, 4.69) is 5.11 Å². The van der Waals surface area contributed by atoms with Gasteiger partial charge in [-0.3, -0.25) is 4.79 Å². The standard InChI is InChI=1S/C7H5ClFN3O/c8-7(13)3-1-6(12-11)5(10)2-4(3)9/h1-2,11H,10H2/p+1. The van der Waals surface area contributed by atoms with E-state index in [4.69, 9.17) is 22.9 Å². The van der Waals surface area contributed by atoms with Gasteiger partial charge in [-0.1, -0.05) is 0 Å². The first-order valence-corrected chi connectivity index (χ1v) is 3.64. The lowest BCUT2D eigenvalue weighted by Gasteiger charge is -2.00. The third-order valence-electron chi connectivity index (χ3n) is 1.47. The van der Waals surface area contributed by atoms with Gasteiger partial charge < -0.3 is 5.73 Å². The SMILES string of the molecule is Nc1cc(F)c(C(=O)Cl)cc1N=[NH2+]. The molecule has 1 rings (SSSR count). The van der Waals surface area contributed by atoms with Crippen molar-refractivity contribution in [1.82, 2.24) is 0 Å². The van der Waals surface area contributed by atoms with E-state index in [-0.39, 0.29) is 16.9 Å². The van der Waals surface area contributed by atoms with Crippen molar-refractivity contribution in [3.05, 3.63) is 23.5 Å². The molecule has 0 atom stereocenters. The number of carbonyl (C=O) groups excluding carboxylic acids is 1. The monoisotopic (exact) mass is 202 g/mol. The molecule has 0 bridgehead atoms. The van der Waals surface area contributed by atoms with Gasteiger partial charge in [-0.15, -0.1) is 0 Å². The van der Waals surface area contributed by atoms with Crippen LogP contribution in [0.15, 0.2) is 17.2 Å². The van der Waals surface area contributed by atoms with E-state index in [1.807, 2.05) is 0 Å². The number of halogens is 2. The fourth-order valence-electron chi connectivity index (χ4n) is 0.840. The molecule has 68 valence electrons. The van der Waals surface area contributed by atoms with E-state index in [9.17, 15) is 9.18 Å². The summed E-state index contributed by atoms with van der Waals surface area (Å²) in [5.41, 5.74) is 10.2. The molecule has 0 saturated heterocycles. The van der Waals surface area contributed by atoms with Crippen LogP contribution in [0.3, 0.4) is 0 Å². The maximum atomic E-state index is 12.9. The molecule has 1 aromatic rings. The van der Waals surface area contributed by atoms with Crippen molar-refractivity contribution in [3.63, 3.8) is 0 Å². The minimum atomic E-state index is -0.914. The van der Waals surface area contributed by atoms with Gasteiger partial charge in [0.15, 0.2) is 5.69 Å². The Hall–Kier alpha value is -1.49. The maximum Gasteiger partial charge on any atom is 0.255 e. The van der Waals surface area contributed by atoms with E-state index < -0.39 is 11.1 Å². The highest BCUT2D eigenvalue weighted by atomic mass is 35.5. The summed E-state index contributed by atoms with van der Waals surface area (Å²) < 4.78 is 12.9. The molecule has 13 heavy (non-hydrogen) atoms. The fraction of sp³-hybridized carbons (Fsp3) is 0. The van der Waals surface area contributed by atoms with Crippen molar-refractivity contribution < 1.29 is 14.7 Å². The van der Waals surface area contributed by atoms with Gasteiger partial charge >= 0.3 is 0 Å². The van der Waals surface area contributed by atoms with Crippen molar-refractivity contribution >= 4 is 28.2 Å². The van der Waals surface area contributed by atoms with Crippen LogP contribution in [0.25, 0.3) is 0 Å². The number of nitrogen functional groups attached to an aromatic ring is 1. The number of nitrogens with zero attached hydrogens (tertiary/aromatic N) is 1. The summed E-state index contributed by atoms with van der Waals surface area (Å²) >= 11 is 5.09. The van der Waals surface area contributed by atoms with Crippen LogP contribution in [-0.2, 0) is 0 Å². The van der Waals surface area contributed by atoms with Crippen molar-refractivity contribution in [2.75, 3.05) is 5.73 Å². The Labute approximate surface area is 78.0 Å². The minimum absolute atomic E-state index is 0.0571. The summed E-state index contributed by atoms with van der Waals surface area (Å²) in [5, 5.41) is 2.34. The predicted octanol–water partition coefficient (Wildman–Crippen LogP) is 0.630. The Morgan fingerprint density at radius 1 is 1.62 bits per heavy atom. The molecule has 0 aliphatic carbocycles. The molecule has 0 fully saturated rings. The zero-order valence-corrected chi connectivity index (χ0v) is 7.18. The first-order valence-electron chi connectivity index (χ1n) is 3.26. The van der Waals surface area contributed by atoms with E-state index >= 15 is 0 Å². The number of benzene rings is 1. The third kappa shape index (κ3) is 1.81. The molecule has 0 amide bonds. The van der Waals surface area contributed by atoms with E-state index in [0.29, 0.717) is 0 Å². The first kappa shape index (κ1) is 9.60. The van der Waals surface area contributed by atoms with E-state index in [1.165, 1.54) is 0 Å². The quantitative estimate of drug-likeness (QED) is 0.419. The number of anilines is 1. The molecule has 0 aliphatic heterocycles. The smallest absolute Gasteiger partial charge is 0.255 e. The molecule has 1 aromatic carbocycles. The minimum Gasteiger partial charge on any atom is -0.397 e. The highest BCUT2D eigenvalue weighted by Gasteiger charge is 2.13. The summed E-state index contributed by atoms with van der Waals surface area (Å²) in [4.78, 5) is 10.6. The Bertz CT molecular complexity index is 380. The highest BCUT2D eigenvalue weighted by molar-refractivity contribution is 6.67. The van der Waals surface area contributed by atoms with Gasteiger partial charge in [0.2, 0.25) is 0 Å². The van der Waals surface area contributed by atoms with Crippen LogP contribution in [0.4, 0.5) is 15.8 Å². The van der Waals surface area contributed by atoms with Gasteiger partial charge in [-0.05, 0) is 28.8 Å². The van der Waals surface area contributed by atoms with E-state index in [1.54, 1.807) is 0 Å². The molecule has 4 N–H and O–H groups in total. The molecular weight excluding hydrogens is 197 g/mol. The van der Waals surface area contributed by atoms with Crippen LogP contribution in [0.5, 0.6) is 0 Å². The Morgan fingerprint density at radius 3 is 2.69 bits per heavy atom. The average Bonchev–Trinajstić information content (AvgIpc) is 2.03. The van der Waals surface area contributed by atoms with Crippen molar-refractivity contribution in [2.24, 2.45) is 5.11 Å². The molecule has 0 heterocycles. The van der Waals surface area contributed by atoms with Crippen molar-refractivity contribution in [2.45, 2.75) is 0 Å². The van der Waals surface area contributed by atoms with Crippen LogP contribution in [0.2, 0.25) is 0 Å². The fourth-order valence-corrected chi connectivity index (χ4v) is 0.984. The second-order valence-corrected chi connectivity index (χ2v) is 2.64. The molecule has 0 aromatic heterocycles. The molecule has 0 unspecified atom stereocenters. The maximum absolute atomic E-state index is 12.9.